The monoisotopic (exact) mass is 373 g/mol. The minimum atomic E-state index is -0.833. The number of nitrogens with one attached hydrogen (secondary N) is 1. The Balaban J connectivity index is 0.000000662. The largest absolute Gasteiger partial charge is 0.481 e. The lowest BCUT2D eigenvalue weighted by Crippen LogP contribution is -2.46. The van der Waals surface area contributed by atoms with Gasteiger partial charge in [0.05, 0.1) is 6.54 Å². The molecule has 26 heavy (non-hydrogen) atoms. The highest BCUT2D eigenvalue weighted by molar-refractivity contribution is 5.63. The van der Waals surface area contributed by atoms with Crippen LogP contribution in [0.4, 0.5) is 6.01 Å². The van der Waals surface area contributed by atoms with Crippen LogP contribution < -0.4 is 10.2 Å². The van der Waals surface area contributed by atoms with Crippen LogP contribution >= 0.6 is 0 Å². The van der Waals surface area contributed by atoms with Crippen molar-refractivity contribution in [3.05, 3.63) is 5.89 Å². The van der Waals surface area contributed by atoms with Gasteiger partial charge in [-0.25, -0.2) is 0 Å². The number of anilines is 1. The van der Waals surface area contributed by atoms with E-state index in [2.05, 4.69) is 32.2 Å². The standard InChI is InChI=1S/C12H23N5O.2C2H4O2/c1-3-4-5-16-6-8-17(9-7-16)12-15-14-11(18-12)10-13-2;2*1-2(3)4/h13H,3-10H2,1-2H3;2*1H3,(H,3,4). The molecule has 1 saturated heterocycles. The fourth-order valence-electron chi connectivity index (χ4n) is 2.14. The third kappa shape index (κ3) is 12.2. The molecule has 0 spiro atoms. The van der Waals surface area contributed by atoms with Crippen molar-refractivity contribution in [2.75, 3.05) is 44.7 Å². The molecule has 1 aliphatic rings. The van der Waals surface area contributed by atoms with Crippen LogP contribution in [0.5, 0.6) is 0 Å². The maximum absolute atomic E-state index is 9.00. The average molecular weight is 373 g/mol. The number of hydrogen-bond acceptors (Lipinski definition) is 8. The molecule has 0 radical (unpaired) electrons. The Morgan fingerprint density at radius 2 is 1.65 bits per heavy atom. The van der Waals surface area contributed by atoms with Crippen LogP contribution in [0.15, 0.2) is 4.42 Å². The van der Waals surface area contributed by atoms with Gasteiger partial charge >= 0.3 is 6.01 Å². The van der Waals surface area contributed by atoms with Gasteiger partial charge in [0.25, 0.3) is 11.9 Å². The van der Waals surface area contributed by atoms with E-state index in [4.69, 9.17) is 24.2 Å². The number of unbranched alkanes of at least 4 members (excludes halogenated alkanes) is 1. The number of aromatic nitrogens is 2. The molecule has 0 saturated carbocycles. The smallest absolute Gasteiger partial charge is 0.318 e. The van der Waals surface area contributed by atoms with Crippen molar-refractivity contribution in [1.82, 2.24) is 20.4 Å². The molecule has 2 heterocycles. The van der Waals surface area contributed by atoms with Crippen LogP contribution in [0.3, 0.4) is 0 Å². The van der Waals surface area contributed by atoms with Crippen LogP contribution in [-0.4, -0.2) is 77.0 Å². The quantitative estimate of drug-likeness (QED) is 0.660. The first-order chi connectivity index (χ1) is 12.3. The highest BCUT2D eigenvalue weighted by Gasteiger charge is 2.20. The van der Waals surface area contributed by atoms with Gasteiger partial charge in [0, 0.05) is 40.0 Å². The molecule has 0 atom stereocenters. The Morgan fingerprint density at radius 3 is 2.12 bits per heavy atom. The number of carboxylic acid groups (broad SMARTS) is 2. The van der Waals surface area contributed by atoms with E-state index in [0.29, 0.717) is 18.5 Å². The number of aliphatic carboxylic acids is 2. The van der Waals surface area contributed by atoms with E-state index in [1.54, 1.807) is 0 Å². The molecule has 10 heteroatoms. The molecule has 0 bridgehead atoms. The Hall–Kier alpha value is -2.20. The van der Waals surface area contributed by atoms with E-state index < -0.39 is 11.9 Å². The number of carboxylic acids is 2. The topological polar surface area (TPSA) is 132 Å². The van der Waals surface area contributed by atoms with E-state index in [1.165, 1.54) is 19.4 Å². The zero-order valence-corrected chi connectivity index (χ0v) is 16.1. The summed E-state index contributed by atoms with van der Waals surface area (Å²) in [4.78, 5) is 22.7. The Labute approximate surface area is 154 Å². The molecule has 150 valence electrons. The third-order valence-electron chi connectivity index (χ3n) is 3.25. The van der Waals surface area contributed by atoms with E-state index in [1.807, 2.05) is 7.05 Å². The summed E-state index contributed by atoms with van der Waals surface area (Å²) >= 11 is 0. The number of piperazine rings is 1. The lowest BCUT2D eigenvalue weighted by Gasteiger charge is -2.33. The molecule has 0 aliphatic carbocycles. The molecule has 1 aromatic heterocycles. The maximum Gasteiger partial charge on any atom is 0.318 e. The average Bonchev–Trinajstić information content (AvgIpc) is 3.01. The minimum absolute atomic E-state index is 0.628. The molecule has 0 unspecified atom stereocenters. The molecular formula is C16H31N5O5. The normalized spacial score (nSPS) is 13.9. The van der Waals surface area contributed by atoms with Crippen molar-refractivity contribution in [1.29, 1.82) is 0 Å². The first kappa shape index (κ1) is 23.8. The summed E-state index contributed by atoms with van der Waals surface area (Å²) in [6.45, 7) is 10.4. The molecule has 1 fully saturated rings. The van der Waals surface area contributed by atoms with Crippen molar-refractivity contribution in [2.24, 2.45) is 0 Å². The minimum Gasteiger partial charge on any atom is -0.481 e. The van der Waals surface area contributed by atoms with Gasteiger partial charge < -0.3 is 24.8 Å². The lowest BCUT2D eigenvalue weighted by molar-refractivity contribution is -0.135. The number of hydrogen-bond donors (Lipinski definition) is 3. The maximum atomic E-state index is 9.00. The molecule has 1 aromatic rings. The summed E-state index contributed by atoms with van der Waals surface area (Å²) < 4.78 is 5.60. The molecular weight excluding hydrogens is 342 g/mol. The Bertz CT molecular complexity index is 495. The van der Waals surface area contributed by atoms with Crippen LogP contribution in [0, 0.1) is 0 Å². The Morgan fingerprint density at radius 1 is 1.12 bits per heavy atom. The van der Waals surface area contributed by atoms with Gasteiger partial charge in [-0.15, -0.1) is 5.10 Å². The summed E-state index contributed by atoms with van der Waals surface area (Å²) in [6.07, 6.45) is 2.55. The predicted molar refractivity (Wildman–Crippen MR) is 97.2 cm³/mol. The van der Waals surface area contributed by atoms with Gasteiger partial charge in [-0.1, -0.05) is 18.4 Å². The molecule has 10 nitrogen and oxygen atoms in total. The van der Waals surface area contributed by atoms with Gasteiger partial charge in [0.1, 0.15) is 0 Å². The van der Waals surface area contributed by atoms with Gasteiger partial charge in [0.2, 0.25) is 5.89 Å². The van der Waals surface area contributed by atoms with Crippen LogP contribution in [0.25, 0.3) is 0 Å². The number of carbonyl (C=O) groups is 2. The zero-order valence-electron chi connectivity index (χ0n) is 16.1. The van der Waals surface area contributed by atoms with E-state index in [9.17, 15) is 0 Å². The second-order valence-electron chi connectivity index (χ2n) is 5.73. The summed E-state index contributed by atoms with van der Waals surface area (Å²) in [7, 11) is 1.87. The summed E-state index contributed by atoms with van der Waals surface area (Å²) in [5.41, 5.74) is 0. The zero-order chi connectivity index (χ0) is 19.9. The van der Waals surface area contributed by atoms with Crippen molar-refractivity contribution in [3.8, 4) is 0 Å². The summed E-state index contributed by atoms with van der Waals surface area (Å²) in [5.74, 6) is -1.01. The summed E-state index contributed by atoms with van der Waals surface area (Å²) in [5, 5.41) is 26.0. The van der Waals surface area contributed by atoms with Crippen molar-refractivity contribution >= 4 is 18.0 Å². The summed E-state index contributed by atoms with van der Waals surface area (Å²) in [6, 6.07) is 0.662. The highest BCUT2D eigenvalue weighted by Crippen LogP contribution is 2.14. The van der Waals surface area contributed by atoms with Gasteiger partial charge in [0.15, 0.2) is 0 Å². The van der Waals surface area contributed by atoms with E-state index >= 15 is 0 Å². The fraction of sp³-hybridized carbons (Fsp3) is 0.750. The molecule has 2 rings (SSSR count). The predicted octanol–water partition coefficient (Wildman–Crippen LogP) is 0.893. The van der Waals surface area contributed by atoms with Crippen LogP contribution in [-0.2, 0) is 16.1 Å². The fourth-order valence-corrected chi connectivity index (χ4v) is 2.14. The van der Waals surface area contributed by atoms with Crippen LogP contribution in [0.2, 0.25) is 0 Å². The SMILES string of the molecule is CC(=O)O.CC(=O)O.CCCCN1CCN(c2nnc(CNC)o2)CC1. The number of nitrogens with zero attached hydrogens (tertiary/aromatic N) is 4. The molecule has 0 amide bonds. The highest BCUT2D eigenvalue weighted by atomic mass is 16.4. The second kappa shape index (κ2) is 14.0. The van der Waals surface area contributed by atoms with Crippen molar-refractivity contribution in [2.45, 2.75) is 40.2 Å². The first-order valence-electron chi connectivity index (χ1n) is 8.63. The lowest BCUT2D eigenvalue weighted by atomic mass is 10.2. The van der Waals surface area contributed by atoms with Gasteiger partial charge in [-0.05, 0) is 20.0 Å². The van der Waals surface area contributed by atoms with Gasteiger partial charge in [-0.2, -0.15) is 0 Å². The number of rotatable bonds is 6. The van der Waals surface area contributed by atoms with Crippen molar-refractivity contribution in [3.63, 3.8) is 0 Å². The Kier molecular flexibility index (Phi) is 12.8. The molecule has 0 aromatic carbocycles. The van der Waals surface area contributed by atoms with E-state index in [0.717, 1.165) is 40.0 Å². The third-order valence-corrected chi connectivity index (χ3v) is 3.25. The van der Waals surface area contributed by atoms with E-state index in [-0.39, 0.29) is 0 Å². The second-order valence-corrected chi connectivity index (χ2v) is 5.73. The van der Waals surface area contributed by atoms with Crippen molar-refractivity contribution < 1.29 is 24.2 Å². The molecule has 1 aliphatic heterocycles. The first-order valence-corrected chi connectivity index (χ1v) is 8.63. The van der Waals surface area contributed by atoms with Gasteiger partial charge in [-0.3, -0.25) is 14.5 Å². The van der Waals surface area contributed by atoms with Crippen LogP contribution in [0.1, 0.15) is 39.5 Å². The molecule has 3 N–H and O–H groups in total.